The van der Waals surface area contributed by atoms with Crippen molar-refractivity contribution in [2.24, 2.45) is 4.99 Å². The third-order valence-electron chi connectivity index (χ3n) is 5.40. The molecule has 1 N–H and O–H groups in total. The predicted octanol–water partition coefficient (Wildman–Crippen LogP) is 2.92. The Morgan fingerprint density at radius 1 is 1.21 bits per heavy atom. The van der Waals surface area contributed by atoms with E-state index in [9.17, 15) is 0 Å². The summed E-state index contributed by atoms with van der Waals surface area (Å²) in [5.41, 5.74) is 1.39. The minimum absolute atomic E-state index is 0.368. The Hall–Kier alpha value is -2.12. The molecule has 3 rings (SSSR count). The van der Waals surface area contributed by atoms with Gasteiger partial charge in [-0.25, -0.2) is 4.98 Å². The molecule has 1 atom stereocenters. The normalized spacial score (nSPS) is 16.5. The number of likely N-dealkylation sites (N-methyl/N-ethyl adjacent to an activating group) is 1. The molecule has 0 aromatic carbocycles. The van der Waals surface area contributed by atoms with Gasteiger partial charge in [-0.15, -0.1) is 0 Å². The highest BCUT2D eigenvalue weighted by Gasteiger charge is 2.23. The topological polar surface area (TPSA) is 47.0 Å². The third kappa shape index (κ3) is 5.02. The van der Waals surface area contributed by atoms with Crippen LogP contribution in [0.5, 0.6) is 0 Å². The summed E-state index contributed by atoms with van der Waals surface area (Å²) in [6.07, 6.45) is 1.86. The van der Waals surface area contributed by atoms with E-state index >= 15 is 0 Å². The van der Waals surface area contributed by atoms with Gasteiger partial charge in [0.2, 0.25) is 0 Å². The average molecular weight is 401 g/mol. The third-order valence-corrected chi connectivity index (χ3v) is 6.10. The van der Waals surface area contributed by atoms with Crippen LogP contribution in [0.25, 0.3) is 0 Å². The number of guanidine groups is 1. The molecule has 1 aliphatic heterocycles. The van der Waals surface area contributed by atoms with Crippen molar-refractivity contribution in [3.8, 4) is 0 Å². The van der Waals surface area contributed by atoms with Gasteiger partial charge in [-0.3, -0.25) is 9.89 Å². The quantitative estimate of drug-likeness (QED) is 0.572. The summed E-state index contributed by atoms with van der Waals surface area (Å²) in [5, 5.41) is 8.06. The van der Waals surface area contributed by atoms with Gasteiger partial charge in [0, 0.05) is 46.0 Å². The van der Waals surface area contributed by atoms with Crippen molar-refractivity contribution in [3.05, 3.63) is 46.8 Å². The molecule has 0 radical (unpaired) electrons. The van der Waals surface area contributed by atoms with Crippen molar-refractivity contribution in [1.82, 2.24) is 20.1 Å². The van der Waals surface area contributed by atoms with Gasteiger partial charge in [0.15, 0.2) is 5.96 Å². The molecule has 6 nitrogen and oxygen atoms in total. The van der Waals surface area contributed by atoms with Crippen molar-refractivity contribution >= 4 is 23.1 Å². The van der Waals surface area contributed by atoms with Gasteiger partial charge < -0.3 is 15.1 Å². The number of rotatable bonds is 7. The van der Waals surface area contributed by atoms with E-state index < -0.39 is 0 Å². The number of thiophene rings is 1. The zero-order valence-electron chi connectivity index (χ0n) is 17.2. The lowest BCUT2D eigenvalue weighted by Crippen LogP contribution is -2.53. The van der Waals surface area contributed by atoms with E-state index in [1.165, 1.54) is 5.56 Å². The Bertz CT molecular complexity index is 706. The zero-order chi connectivity index (χ0) is 19.8. The number of pyridine rings is 1. The maximum absolute atomic E-state index is 4.56. The summed E-state index contributed by atoms with van der Waals surface area (Å²) >= 11 is 1.77. The van der Waals surface area contributed by atoms with E-state index in [1.54, 1.807) is 11.3 Å². The molecule has 1 fully saturated rings. The molecule has 2 aromatic rings. The Morgan fingerprint density at radius 2 is 2.00 bits per heavy atom. The number of aromatic nitrogens is 1. The van der Waals surface area contributed by atoms with Crippen LogP contribution in [0.15, 0.2) is 46.2 Å². The lowest BCUT2D eigenvalue weighted by atomic mass is 10.1. The van der Waals surface area contributed by atoms with Crippen LogP contribution < -0.4 is 10.2 Å². The highest BCUT2D eigenvalue weighted by Crippen LogP contribution is 2.22. The van der Waals surface area contributed by atoms with Crippen LogP contribution in [-0.4, -0.2) is 73.6 Å². The summed E-state index contributed by atoms with van der Waals surface area (Å²) in [7, 11) is 1.88. The molecule has 2 aromatic heterocycles. The van der Waals surface area contributed by atoms with E-state index in [1.807, 2.05) is 25.4 Å². The van der Waals surface area contributed by atoms with Gasteiger partial charge in [-0.1, -0.05) is 19.9 Å². The molecular weight excluding hydrogens is 368 g/mol. The standard InChI is InChI=1S/C21H32N6S/c1-4-25(5-2)19(18-9-15-28-17-18)16-24-21(22-3)27-13-11-26(12-14-27)20-8-6-7-10-23-20/h6-10,15,17,19H,4-5,11-14,16H2,1-3H3,(H,22,24). The molecule has 0 bridgehead atoms. The van der Waals surface area contributed by atoms with Crippen LogP contribution in [-0.2, 0) is 0 Å². The van der Waals surface area contributed by atoms with E-state index in [0.717, 1.165) is 57.6 Å². The molecule has 0 spiro atoms. The molecule has 0 amide bonds. The zero-order valence-corrected chi connectivity index (χ0v) is 18.0. The second-order valence-electron chi connectivity index (χ2n) is 6.88. The monoisotopic (exact) mass is 400 g/mol. The minimum atomic E-state index is 0.368. The number of piperazine rings is 1. The summed E-state index contributed by atoms with van der Waals surface area (Å²) in [6, 6.07) is 8.70. The Labute approximate surface area is 172 Å². The average Bonchev–Trinajstić information content (AvgIpc) is 3.29. The number of nitrogens with one attached hydrogen (secondary N) is 1. The van der Waals surface area contributed by atoms with Gasteiger partial charge >= 0.3 is 0 Å². The lowest BCUT2D eigenvalue weighted by Gasteiger charge is -2.38. The first kappa shape index (κ1) is 20.6. The first-order valence-electron chi connectivity index (χ1n) is 10.1. The van der Waals surface area contributed by atoms with Crippen LogP contribution in [0.4, 0.5) is 5.82 Å². The predicted molar refractivity (Wildman–Crippen MR) is 119 cm³/mol. The van der Waals surface area contributed by atoms with Crippen LogP contribution in [0, 0.1) is 0 Å². The van der Waals surface area contributed by atoms with Crippen molar-refractivity contribution in [3.63, 3.8) is 0 Å². The number of hydrogen-bond acceptors (Lipinski definition) is 5. The molecular formula is C21H32N6S. The second-order valence-corrected chi connectivity index (χ2v) is 7.66. The Morgan fingerprint density at radius 3 is 2.57 bits per heavy atom. The molecule has 1 unspecified atom stereocenters. The maximum Gasteiger partial charge on any atom is 0.193 e. The molecule has 1 aliphatic rings. The summed E-state index contributed by atoms with van der Waals surface area (Å²) in [5.74, 6) is 2.05. The van der Waals surface area contributed by atoms with Crippen LogP contribution in [0.3, 0.4) is 0 Å². The van der Waals surface area contributed by atoms with E-state index in [0.29, 0.717) is 6.04 Å². The largest absolute Gasteiger partial charge is 0.354 e. The number of anilines is 1. The van der Waals surface area contributed by atoms with Gasteiger partial charge in [-0.2, -0.15) is 11.3 Å². The Kier molecular flexibility index (Phi) is 7.68. The highest BCUT2D eigenvalue weighted by molar-refractivity contribution is 7.07. The van der Waals surface area contributed by atoms with Crippen LogP contribution >= 0.6 is 11.3 Å². The molecule has 152 valence electrons. The van der Waals surface area contributed by atoms with Crippen molar-refractivity contribution in [2.75, 3.05) is 57.8 Å². The second kappa shape index (κ2) is 10.4. The van der Waals surface area contributed by atoms with Gasteiger partial charge in [0.05, 0.1) is 6.04 Å². The SMILES string of the molecule is CCN(CC)C(CNC(=NC)N1CCN(c2ccccn2)CC1)c1ccsc1. The number of aliphatic imine (C=N–C) groups is 1. The fourth-order valence-electron chi connectivity index (χ4n) is 3.80. The highest BCUT2D eigenvalue weighted by atomic mass is 32.1. The van der Waals surface area contributed by atoms with E-state index in [-0.39, 0.29) is 0 Å². The molecule has 1 saturated heterocycles. The smallest absolute Gasteiger partial charge is 0.193 e. The fourth-order valence-corrected chi connectivity index (χ4v) is 4.50. The number of hydrogen-bond donors (Lipinski definition) is 1. The van der Waals surface area contributed by atoms with Crippen molar-refractivity contribution < 1.29 is 0 Å². The Balaban J connectivity index is 1.58. The van der Waals surface area contributed by atoms with Crippen molar-refractivity contribution in [2.45, 2.75) is 19.9 Å². The van der Waals surface area contributed by atoms with E-state index in [4.69, 9.17) is 0 Å². The van der Waals surface area contributed by atoms with E-state index in [2.05, 4.69) is 66.7 Å². The van der Waals surface area contributed by atoms with Crippen molar-refractivity contribution in [1.29, 1.82) is 0 Å². The summed E-state index contributed by atoms with van der Waals surface area (Å²) in [4.78, 5) is 16.2. The fraction of sp³-hybridized carbons (Fsp3) is 0.524. The summed E-state index contributed by atoms with van der Waals surface area (Å²) < 4.78 is 0. The maximum atomic E-state index is 4.56. The van der Waals surface area contributed by atoms with Crippen LogP contribution in [0.2, 0.25) is 0 Å². The van der Waals surface area contributed by atoms with Gasteiger partial charge in [0.1, 0.15) is 5.82 Å². The molecule has 3 heterocycles. The minimum Gasteiger partial charge on any atom is -0.354 e. The van der Waals surface area contributed by atoms with Gasteiger partial charge in [0.25, 0.3) is 0 Å². The lowest BCUT2D eigenvalue weighted by molar-refractivity contribution is 0.217. The van der Waals surface area contributed by atoms with Crippen LogP contribution in [0.1, 0.15) is 25.5 Å². The van der Waals surface area contributed by atoms with Gasteiger partial charge in [-0.05, 0) is 47.6 Å². The molecule has 0 aliphatic carbocycles. The summed E-state index contributed by atoms with van der Waals surface area (Å²) in [6.45, 7) is 11.2. The number of nitrogens with zero attached hydrogens (tertiary/aromatic N) is 5. The molecule has 28 heavy (non-hydrogen) atoms. The molecule has 7 heteroatoms. The molecule has 0 saturated carbocycles. The first-order chi connectivity index (χ1) is 13.8. The first-order valence-corrected chi connectivity index (χ1v) is 11.1.